The van der Waals surface area contributed by atoms with Gasteiger partial charge in [0, 0.05) is 6.20 Å². The van der Waals surface area contributed by atoms with Gasteiger partial charge in [-0.1, -0.05) is 12.2 Å². The zero-order chi connectivity index (χ0) is 5.82. The maximum atomic E-state index is 4.51. The van der Waals surface area contributed by atoms with Gasteiger partial charge in [-0.15, -0.1) is 0 Å². The van der Waals surface area contributed by atoms with Gasteiger partial charge in [0.25, 0.3) is 0 Å². The van der Waals surface area contributed by atoms with Crippen molar-refractivity contribution in [1.82, 2.24) is 9.97 Å². The average molecular weight is 127 g/mol. The summed E-state index contributed by atoms with van der Waals surface area (Å²) in [5.41, 5.74) is 1.41. The van der Waals surface area contributed by atoms with Crippen LogP contribution in [0.5, 0.6) is 0 Å². The van der Waals surface area contributed by atoms with Crippen LogP contribution in [-0.2, 0) is 0 Å². The summed E-state index contributed by atoms with van der Waals surface area (Å²) in [6.07, 6.45) is 3.31. The molecule has 4 heteroatoms. The van der Waals surface area contributed by atoms with Gasteiger partial charge in [-0.25, -0.2) is 4.98 Å². The second kappa shape index (κ2) is 2.42. The fraction of sp³-hybridized carbons (Fsp3) is 0. The lowest BCUT2D eigenvalue weighted by molar-refractivity contribution is 1.31. The van der Waals surface area contributed by atoms with Crippen molar-refractivity contribution >= 4 is 23.5 Å². The zero-order valence-corrected chi connectivity index (χ0v) is 4.90. The molecule has 3 nitrogen and oxygen atoms in total. The summed E-state index contributed by atoms with van der Waals surface area (Å²) < 4.78 is 0. The molecule has 0 aromatic carbocycles. The van der Waals surface area contributed by atoms with Crippen molar-refractivity contribution in [3.63, 3.8) is 0 Å². The zero-order valence-electron chi connectivity index (χ0n) is 4.09. The molecule has 42 valence electrons. The first-order chi connectivity index (χ1) is 3.93. The minimum atomic E-state index is 0.750. The second-order valence-corrected chi connectivity index (χ2v) is 1.45. The molecule has 1 heterocycles. The standard InChI is InChI=1S/C4H5N3S/c8-3-7-4-1-5-2-6-4/h1-3H,(H,5,6)(H,7,8). The lowest BCUT2D eigenvalue weighted by Gasteiger charge is -1.85. The van der Waals surface area contributed by atoms with E-state index in [1.165, 1.54) is 5.49 Å². The van der Waals surface area contributed by atoms with Crippen molar-refractivity contribution in [1.29, 1.82) is 0 Å². The Bertz CT molecular complexity index is 158. The molecule has 0 spiro atoms. The third-order valence-electron chi connectivity index (χ3n) is 0.705. The Morgan fingerprint density at radius 1 is 1.88 bits per heavy atom. The molecule has 0 atom stereocenters. The van der Waals surface area contributed by atoms with Crippen LogP contribution in [0.3, 0.4) is 0 Å². The molecule has 0 aliphatic carbocycles. The topological polar surface area (TPSA) is 40.7 Å². The number of nitrogens with zero attached hydrogens (tertiary/aromatic N) is 1. The maximum absolute atomic E-state index is 4.51. The van der Waals surface area contributed by atoms with Crippen LogP contribution in [0.2, 0.25) is 0 Å². The van der Waals surface area contributed by atoms with E-state index in [1.807, 2.05) is 0 Å². The van der Waals surface area contributed by atoms with Gasteiger partial charge in [0.05, 0.1) is 11.8 Å². The van der Waals surface area contributed by atoms with Crippen molar-refractivity contribution in [2.24, 2.45) is 0 Å². The van der Waals surface area contributed by atoms with Gasteiger partial charge in [-0.2, -0.15) is 0 Å². The van der Waals surface area contributed by atoms with E-state index >= 15 is 0 Å². The molecule has 0 fully saturated rings. The molecule has 0 saturated heterocycles. The molecule has 0 amide bonds. The molecule has 0 aliphatic rings. The van der Waals surface area contributed by atoms with E-state index in [4.69, 9.17) is 0 Å². The van der Waals surface area contributed by atoms with Crippen LogP contribution in [-0.4, -0.2) is 15.5 Å². The van der Waals surface area contributed by atoms with Crippen LogP contribution >= 0.6 is 12.2 Å². The van der Waals surface area contributed by atoms with E-state index in [0.29, 0.717) is 0 Å². The van der Waals surface area contributed by atoms with Gasteiger partial charge in [-0.3, -0.25) is 0 Å². The van der Waals surface area contributed by atoms with Crippen molar-refractivity contribution < 1.29 is 0 Å². The van der Waals surface area contributed by atoms with Crippen LogP contribution in [0, 0.1) is 0 Å². The fourth-order valence-electron chi connectivity index (χ4n) is 0.400. The number of hydrogen-bond acceptors (Lipinski definition) is 2. The Balaban J connectivity index is 2.62. The smallest absolute Gasteiger partial charge is 0.148 e. The molecule has 2 N–H and O–H groups in total. The third kappa shape index (κ3) is 1.04. The highest BCUT2D eigenvalue weighted by Gasteiger charge is 1.83. The molecule has 1 aromatic rings. The minimum Gasteiger partial charge on any atom is -0.349 e. The number of H-pyrrole nitrogens is 1. The van der Waals surface area contributed by atoms with Crippen molar-refractivity contribution in [2.45, 2.75) is 0 Å². The lowest BCUT2D eigenvalue weighted by atomic mass is 10.8. The fourth-order valence-corrected chi connectivity index (χ4v) is 0.520. The quantitative estimate of drug-likeness (QED) is 0.577. The predicted molar refractivity (Wildman–Crippen MR) is 35.9 cm³/mol. The molecule has 8 heavy (non-hydrogen) atoms. The highest BCUT2D eigenvalue weighted by Crippen LogP contribution is 1.93. The summed E-state index contributed by atoms with van der Waals surface area (Å²) in [6.45, 7) is 0. The lowest BCUT2D eigenvalue weighted by Crippen LogP contribution is -1.90. The normalized spacial score (nSPS) is 8.50. The molecule has 1 rings (SSSR count). The first-order valence-electron chi connectivity index (χ1n) is 2.12. The second-order valence-electron chi connectivity index (χ2n) is 1.22. The Labute approximate surface area is 52.1 Å². The first kappa shape index (κ1) is 5.24. The summed E-state index contributed by atoms with van der Waals surface area (Å²) in [6, 6.07) is 0. The van der Waals surface area contributed by atoms with E-state index in [9.17, 15) is 0 Å². The van der Waals surface area contributed by atoms with Gasteiger partial charge in [0.2, 0.25) is 0 Å². The summed E-state index contributed by atoms with van der Waals surface area (Å²) >= 11 is 4.51. The van der Waals surface area contributed by atoms with Gasteiger partial charge in [-0.05, 0) is 0 Å². The van der Waals surface area contributed by atoms with Gasteiger partial charge < -0.3 is 10.3 Å². The molecule has 1 aromatic heterocycles. The molecule has 0 bridgehead atoms. The van der Waals surface area contributed by atoms with E-state index in [-0.39, 0.29) is 0 Å². The predicted octanol–water partition coefficient (Wildman–Crippen LogP) is 0.779. The number of aromatic amines is 1. The number of anilines is 1. The van der Waals surface area contributed by atoms with E-state index < -0.39 is 0 Å². The van der Waals surface area contributed by atoms with E-state index in [0.717, 1.165) is 5.82 Å². The highest BCUT2D eigenvalue weighted by atomic mass is 32.1. The Kier molecular flexibility index (Phi) is 1.58. The average Bonchev–Trinajstić information content (AvgIpc) is 2.19. The first-order valence-corrected chi connectivity index (χ1v) is 2.59. The Morgan fingerprint density at radius 2 is 2.75 bits per heavy atom. The molecule has 0 radical (unpaired) electrons. The van der Waals surface area contributed by atoms with Crippen LogP contribution in [0.15, 0.2) is 12.5 Å². The summed E-state index contributed by atoms with van der Waals surface area (Å²) in [4.78, 5) is 6.62. The van der Waals surface area contributed by atoms with Gasteiger partial charge in [0.15, 0.2) is 0 Å². The van der Waals surface area contributed by atoms with Crippen LogP contribution in [0.4, 0.5) is 5.82 Å². The number of imidazole rings is 1. The number of hydrogen-bond donors (Lipinski definition) is 2. The SMILES string of the molecule is S=CNc1c[nH]cn1. The molecule has 0 aliphatic heterocycles. The number of thiocarbonyl (C=S) groups is 1. The van der Waals surface area contributed by atoms with Gasteiger partial charge in [0.1, 0.15) is 5.82 Å². The summed E-state index contributed by atoms with van der Waals surface area (Å²) in [5.74, 6) is 0.750. The molecular weight excluding hydrogens is 122 g/mol. The molecular formula is C4H5N3S. The van der Waals surface area contributed by atoms with Crippen LogP contribution < -0.4 is 5.32 Å². The Morgan fingerprint density at radius 3 is 3.25 bits per heavy atom. The van der Waals surface area contributed by atoms with Gasteiger partial charge >= 0.3 is 0 Å². The number of aromatic nitrogens is 2. The Hall–Kier alpha value is -0.900. The van der Waals surface area contributed by atoms with Crippen LogP contribution in [0.1, 0.15) is 0 Å². The van der Waals surface area contributed by atoms with Crippen molar-refractivity contribution in [3.8, 4) is 0 Å². The van der Waals surface area contributed by atoms with E-state index in [2.05, 4.69) is 27.5 Å². The number of nitrogens with one attached hydrogen (secondary N) is 2. The minimum absolute atomic E-state index is 0.750. The third-order valence-corrected chi connectivity index (χ3v) is 0.823. The largest absolute Gasteiger partial charge is 0.349 e. The molecule has 0 saturated carbocycles. The summed E-state index contributed by atoms with van der Waals surface area (Å²) in [7, 11) is 0. The van der Waals surface area contributed by atoms with Crippen molar-refractivity contribution in [2.75, 3.05) is 5.32 Å². The maximum Gasteiger partial charge on any atom is 0.148 e. The number of rotatable bonds is 2. The monoisotopic (exact) mass is 127 g/mol. The van der Waals surface area contributed by atoms with Crippen LogP contribution in [0.25, 0.3) is 0 Å². The summed E-state index contributed by atoms with van der Waals surface area (Å²) in [5, 5.41) is 2.73. The van der Waals surface area contributed by atoms with E-state index in [1.54, 1.807) is 12.5 Å². The van der Waals surface area contributed by atoms with Crippen molar-refractivity contribution in [3.05, 3.63) is 12.5 Å². The highest BCUT2D eigenvalue weighted by molar-refractivity contribution is 7.79. The molecule has 0 unspecified atom stereocenters.